The topological polar surface area (TPSA) is 33.7 Å². The van der Waals surface area contributed by atoms with Crippen molar-refractivity contribution in [3.05, 3.63) is 0 Å². The molecule has 0 aromatic carbocycles. The number of rotatable bonds is 6. The van der Waals surface area contributed by atoms with Crippen LogP contribution in [0.1, 0.15) is 40.0 Å². The normalized spacial score (nSPS) is 30.7. The third-order valence-corrected chi connectivity index (χ3v) is 5.27. The predicted molar refractivity (Wildman–Crippen MR) is 86.6 cm³/mol. The van der Waals surface area contributed by atoms with Crippen molar-refractivity contribution in [2.45, 2.75) is 52.2 Å². The van der Waals surface area contributed by atoms with Gasteiger partial charge in [0.05, 0.1) is 6.10 Å². The Labute approximate surface area is 130 Å². The number of ether oxygens (including phenoxy) is 2. The summed E-state index contributed by atoms with van der Waals surface area (Å²) in [5.74, 6) is 0.686. The molecule has 2 rings (SSSR count). The van der Waals surface area contributed by atoms with E-state index >= 15 is 0 Å². The van der Waals surface area contributed by atoms with Crippen LogP contribution in [0.3, 0.4) is 0 Å². The van der Waals surface area contributed by atoms with Gasteiger partial charge in [0.25, 0.3) is 0 Å². The highest BCUT2D eigenvalue weighted by atomic mass is 16.5. The smallest absolute Gasteiger partial charge is 0.0724 e. The maximum atomic E-state index is 5.67. The summed E-state index contributed by atoms with van der Waals surface area (Å²) >= 11 is 0. The van der Waals surface area contributed by atoms with Crippen LogP contribution >= 0.6 is 0 Å². The van der Waals surface area contributed by atoms with Gasteiger partial charge in [0.1, 0.15) is 0 Å². The Morgan fingerprint density at radius 2 is 2.05 bits per heavy atom. The van der Waals surface area contributed by atoms with Crippen molar-refractivity contribution < 1.29 is 9.47 Å². The van der Waals surface area contributed by atoms with Crippen LogP contribution in [0.15, 0.2) is 0 Å². The minimum absolute atomic E-state index is 0.376. The molecule has 21 heavy (non-hydrogen) atoms. The summed E-state index contributed by atoms with van der Waals surface area (Å²) in [6.45, 7) is 13.2. The SMILES string of the molecule is COC1CN(CC2(CNC(C)C)CCOCC2)CCC1C. The Kier molecular flexibility index (Phi) is 6.48. The monoisotopic (exact) mass is 298 g/mol. The Hall–Kier alpha value is -0.160. The van der Waals surface area contributed by atoms with Crippen molar-refractivity contribution in [1.82, 2.24) is 10.2 Å². The Morgan fingerprint density at radius 1 is 1.33 bits per heavy atom. The first-order chi connectivity index (χ1) is 10.0. The number of methoxy groups -OCH3 is 1. The lowest BCUT2D eigenvalue weighted by Crippen LogP contribution is -2.52. The molecule has 0 bridgehead atoms. The van der Waals surface area contributed by atoms with E-state index in [1.165, 1.54) is 32.4 Å². The Balaban J connectivity index is 1.94. The van der Waals surface area contributed by atoms with E-state index in [2.05, 4.69) is 31.0 Å². The molecule has 0 aliphatic carbocycles. The molecule has 2 atom stereocenters. The van der Waals surface area contributed by atoms with Crippen molar-refractivity contribution in [3.8, 4) is 0 Å². The van der Waals surface area contributed by atoms with Gasteiger partial charge in [0.15, 0.2) is 0 Å². The van der Waals surface area contributed by atoms with Gasteiger partial charge in [-0.15, -0.1) is 0 Å². The highest BCUT2D eigenvalue weighted by Gasteiger charge is 2.36. The number of hydrogen-bond acceptors (Lipinski definition) is 4. The van der Waals surface area contributed by atoms with Gasteiger partial charge < -0.3 is 19.7 Å². The van der Waals surface area contributed by atoms with Crippen molar-refractivity contribution in [1.29, 1.82) is 0 Å². The molecule has 4 nitrogen and oxygen atoms in total. The molecule has 0 aromatic rings. The fraction of sp³-hybridized carbons (Fsp3) is 1.00. The average molecular weight is 298 g/mol. The third kappa shape index (κ3) is 4.92. The zero-order chi connectivity index (χ0) is 15.3. The minimum Gasteiger partial charge on any atom is -0.381 e. The van der Waals surface area contributed by atoms with E-state index in [-0.39, 0.29) is 0 Å². The van der Waals surface area contributed by atoms with Crippen LogP contribution in [0.4, 0.5) is 0 Å². The van der Waals surface area contributed by atoms with E-state index in [1.54, 1.807) is 0 Å². The summed E-state index contributed by atoms with van der Waals surface area (Å²) in [4.78, 5) is 2.63. The van der Waals surface area contributed by atoms with Crippen LogP contribution in [0, 0.1) is 11.3 Å². The Morgan fingerprint density at radius 3 is 2.67 bits per heavy atom. The van der Waals surface area contributed by atoms with Crippen LogP contribution in [0.2, 0.25) is 0 Å². The molecule has 124 valence electrons. The standard InChI is InChI=1S/C17H34N2O2/c1-14(2)18-12-17(6-9-21-10-7-17)13-19-8-5-15(3)16(11-19)20-4/h14-16,18H,5-13H2,1-4H3. The van der Waals surface area contributed by atoms with Gasteiger partial charge in [-0.1, -0.05) is 20.8 Å². The molecule has 2 aliphatic rings. The summed E-state index contributed by atoms with van der Waals surface area (Å²) in [6.07, 6.45) is 4.00. The summed E-state index contributed by atoms with van der Waals surface area (Å²) in [7, 11) is 1.86. The molecule has 2 unspecified atom stereocenters. The first-order valence-electron chi connectivity index (χ1n) is 8.61. The van der Waals surface area contributed by atoms with Gasteiger partial charge in [-0.3, -0.25) is 0 Å². The van der Waals surface area contributed by atoms with E-state index in [0.29, 0.717) is 23.5 Å². The molecule has 0 saturated carbocycles. The van der Waals surface area contributed by atoms with Gasteiger partial charge in [0, 0.05) is 46.0 Å². The highest BCUT2D eigenvalue weighted by Crippen LogP contribution is 2.33. The van der Waals surface area contributed by atoms with Crippen LogP contribution < -0.4 is 5.32 Å². The predicted octanol–water partition coefficient (Wildman–Crippen LogP) is 2.14. The zero-order valence-electron chi connectivity index (χ0n) is 14.4. The quantitative estimate of drug-likeness (QED) is 0.814. The van der Waals surface area contributed by atoms with E-state index in [0.717, 1.165) is 26.3 Å². The fourth-order valence-corrected chi connectivity index (χ4v) is 3.64. The molecular weight excluding hydrogens is 264 g/mol. The highest BCUT2D eigenvalue weighted by molar-refractivity contribution is 4.90. The van der Waals surface area contributed by atoms with E-state index in [1.807, 2.05) is 7.11 Å². The summed E-state index contributed by atoms with van der Waals surface area (Å²) in [5.41, 5.74) is 0.376. The largest absolute Gasteiger partial charge is 0.381 e. The van der Waals surface area contributed by atoms with Gasteiger partial charge in [-0.25, -0.2) is 0 Å². The maximum Gasteiger partial charge on any atom is 0.0724 e. The molecule has 2 saturated heterocycles. The maximum absolute atomic E-state index is 5.67. The number of nitrogens with one attached hydrogen (secondary N) is 1. The molecule has 2 fully saturated rings. The molecule has 4 heteroatoms. The number of hydrogen-bond donors (Lipinski definition) is 1. The second kappa shape index (κ2) is 7.91. The van der Waals surface area contributed by atoms with E-state index in [4.69, 9.17) is 9.47 Å². The molecule has 0 aromatic heterocycles. The number of piperidine rings is 1. The van der Waals surface area contributed by atoms with E-state index < -0.39 is 0 Å². The van der Waals surface area contributed by atoms with Gasteiger partial charge >= 0.3 is 0 Å². The van der Waals surface area contributed by atoms with Crippen LogP contribution in [0.5, 0.6) is 0 Å². The van der Waals surface area contributed by atoms with Crippen molar-refractivity contribution in [2.75, 3.05) is 46.5 Å². The second-order valence-electron chi connectivity index (χ2n) is 7.42. The molecule has 2 heterocycles. The first-order valence-corrected chi connectivity index (χ1v) is 8.61. The Bertz CT molecular complexity index is 303. The molecule has 1 N–H and O–H groups in total. The molecule has 0 radical (unpaired) electrons. The van der Waals surface area contributed by atoms with E-state index in [9.17, 15) is 0 Å². The first kappa shape index (κ1) is 17.2. The van der Waals surface area contributed by atoms with Gasteiger partial charge in [-0.2, -0.15) is 0 Å². The molecule has 2 aliphatic heterocycles. The third-order valence-electron chi connectivity index (χ3n) is 5.27. The molecule has 0 spiro atoms. The van der Waals surface area contributed by atoms with Crippen LogP contribution in [0.25, 0.3) is 0 Å². The number of likely N-dealkylation sites (tertiary alicyclic amines) is 1. The summed E-state index contributed by atoms with van der Waals surface area (Å²) < 4.78 is 11.3. The lowest BCUT2D eigenvalue weighted by atomic mass is 9.78. The van der Waals surface area contributed by atoms with Crippen LogP contribution in [-0.2, 0) is 9.47 Å². The fourth-order valence-electron chi connectivity index (χ4n) is 3.64. The zero-order valence-corrected chi connectivity index (χ0v) is 14.4. The second-order valence-corrected chi connectivity index (χ2v) is 7.42. The lowest BCUT2D eigenvalue weighted by molar-refractivity contribution is -0.0429. The van der Waals surface area contributed by atoms with Crippen molar-refractivity contribution in [2.24, 2.45) is 11.3 Å². The van der Waals surface area contributed by atoms with Crippen molar-refractivity contribution >= 4 is 0 Å². The molecule has 0 amide bonds. The van der Waals surface area contributed by atoms with Gasteiger partial charge in [-0.05, 0) is 37.1 Å². The summed E-state index contributed by atoms with van der Waals surface area (Å²) in [5, 5.41) is 3.67. The lowest BCUT2D eigenvalue weighted by Gasteiger charge is -2.45. The van der Waals surface area contributed by atoms with Gasteiger partial charge in [0.2, 0.25) is 0 Å². The van der Waals surface area contributed by atoms with Crippen molar-refractivity contribution in [3.63, 3.8) is 0 Å². The van der Waals surface area contributed by atoms with Crippen LogP contribution in [-0.4, -0.2) is 63.5 Å². The average Bonchev–Trinajstić information content (AvgIpc) is 2.48. The molecular formula is C17H34N2O2. The minimum atomic E-state index is 0.376. The number of nitrogens with zero attached hydrogens (tertiary/aromatic N) is 1. The summed E-state index contributed by atoms with van der Waals surface area (Å²) in [6, 6.07) is 0.554.